The molecule has 1 N–H and O–H groups in total. The fourth-order valence-electron chi connectivity index (χ4n) is 2.98. The van der Waals surface area contributed by atoms with Gasteiger partial charge in [-0.05, 0) is 45.8 Å². The highest BCUT2D eigenvalue weighted by atomic mass is 79.9. The van der Waals surface area contributed by atoms with E-state index in [1.165, 1.54) is 23.1 Å². The molecule has 0 amide bonds. The number of benzene rings is 2. The molecule has 0 aliphatic carbocycles. The molecule has 0 saturated carbocycles. The van der Waals surface area contributed by atoms with Crippen molar-refractivity contribution in [3.05, 3.63) is 85.1 Å². The second kappa shape index (κ2) is 8.96. The first-order valence-corrected chi connectivity index (χ1v) is 11.4. The van der Waals surface area contributed by atoms with Gasteiger partial charge in [-0.15, -0.1) is 11.3 Å². The number of rotatable bonds is 5. The molecular weight excluding hydrogens is 482 g/mol. The van der Waals surface area contributed by atoms with E-state index in [-0.39, 0.29) is 12.4 Å². The van der Waals surface area contributed by atoms with Crippen LogP contribution in [0, 0.1) is 16.7 Å². The molecule has 30 heavy (non-hydrogen) atoms. The van der Waals surface area contributed by atoms with Gasteiger partial charge in [0.2, 0.25) is 0 Å². The van der Waals surface area contributed by atoms with Crippen LogP contribution in [0.2, 0.25) is 0 Å². The van der Waals surface area contributed by atoms with Crippen LogP contribution in [-0.4, -0.2) is 15.8 Å². The molecule has 2 aromatic carbocycles. The van der Waals surface area contributed by atoms with Crippen LogP contribution in [0.4, 0.5) is 0 Å². The zero-order valence-corrected chi connectivity index (χ0v) is 18.7. The van der Waals surface area contributed by atoms with E-state index in [0.717, 1.165) is 15.6 Å². The van der Waals surface area contributed by atoms with E-state index in [1.807, 2.05) is 41.8 Å². The Morgan fingerprint density at radius 3 is 2.87 bits per heavy atom. The van der Waals surface area contributed by atoms with Gasteiger partial charge in [0, 0.05) is 17.1 Å². The number of aromatic nitrogens is 1. The molecule has 1 atom stereocenters. The van der Waals surface area contributed by atoms with Gasteiger partial charge in [0.05, 0.1) is 26.1 Å². The van der Waals surface area contributed by atoms with Crippen molar-refractivity contribution >= 4 is 55.9 Å². The molecule has 1 aliphatic heterocycles. The van der Waals surface area contributed by atoms with Crippen LogP contribution in [0.25, 0.3) is 6.08 Å². The molecule has 0 bridgehead atoms. The number of ketones is 1. The maximum Gasteiger partial charge on any atom is 0.186 e. The minimum Gasteiger partial charge on any atom is -0.488 e. The van der Waals surface area contributed by atoms with Gasteiger partial charge in [-0.3, -0.25) is 10.2 Å². The number of hydrogen-bond acceptors (Lipinski definition) is 7. The fourth-order valence-corrected chi connectivity index (χ4v) is 5.29. The summed E-state index contributed by atoms with van der Waals surface area (Å²) < 4.78 is 6.61. The molecule has 1 saturated heterocycles. The quantitative estimate of drug-likeness (QED) is 0.453. The molecular formula is C22H14BrN3O2S2. The molecule has 4 rings (SSSR count). The van der Waals surface area contributed by atoms with Gasteiger partial charge in [0.25, 0.3) is 0 Å². The Morgan fingerprint density at radius 1 is 1.30 bits per heavy atom. The number of nitriles is 1. The van der Waals surface area contributed by atoms with Crippen molar-refractivity contribution in [2.24, 2.45) is 0 Å². The van der Waals surface area contributed by atoms with Crippen LogP contribution in [-0.2, 0) is 11.4 Å². The summed E-state index contributed by atoms with van der Waals surface area (Å²) in [4.78, 5) is 17.5. The molecule has 0 spiro atoms. The fraction of sp³-hybridized carbons (Fsp3) is 0.0909. The van der Waals surface area contributed by atoms with Crippen LogP contribution in [0.1, 0.15) is 27.6 Å². The van der Waals surface area contributed by atoms with Crippen LogP contribution >= 0.6 is 39.0 Å². The predicted molar refractivity (Wildman–Crippen MR) is 123 cm³/mol. The Morgan fingerprint density at radius 2 is 2.13 bits per heavy atom. The Balaban J connectivity index is 1.50. The van der Waals surface area contributed by atoms with E-state index in [2.05, 4.69) is 27.0 Å². The van der Waals surface area contributed by atoms with Gasteiger partial charge >= 0.3 is 0 Å². The first-order valence-electron chi connectivity index (χ1n) is 8.89. The Bertz CT molecular complexity index is 1200. The van der Waals surface area contributed by atoms with Crippen molar-refractivity contribution in [3.8, 4) is 11.8 Å². The average molecular weight is 496 g/mol. The summed E-state index contributed by atoms with van der Waals surface area (Å²) in [7, 11) is 0. The van der Waals surface area contributed by atoms with E-state index < -0.39 is 5.92 Å². The number of thiazole rings is 1. The third-order valence-electron chi connectivity index (χ3n) is 4.46. The first kappa shape index (κ1) is 20.5. The zero-order valence-electron chi connectivity index (χ0n) is 15.5. The summed E-state index contributed by atoms with van der Waals surface area (Å²) in [5, 5.41) is 20.1. The van der Waals surface area contributed by atoms with Crippen molar-refractivity contribution in [1.29, 1.82) is 10.7 Å². The van der Waals surface area contributed by atoms with Gasteiger partial charge in [0.15, 0.2) is 5.78 Å². The lowest BCUT2D eigenvalue weighted by molar-refractivity contribution is -0.114. The SMILES string of the molecule is N#Cc1ccccc1COc1ccc(/C=C2\SC(=N)[C@H](c3nccs3)C2=O)cc1Br. The van der Waals surface area contributed by atoms with Gasteiger partial charge in [-0.25, -0.2) is 4.98 Å². The van der Waals surface area contributed by atoms with Crippen LogP contribution in [0.5, 0.6) is 5.75 Å². The van der Waals surface area contributed by atoms with Gasteiger partial charge in [0.1, 0.15) is 23.3 Å². The Hall–Kier alpha value is -2.73. The van der Waals surface area contributed by atoms with Crippen molar-refractivity contribution in [1.82, 2.24) is 4.98 Å². The molecule has 3 aromatic rings. The summed E-state index contributed by atoms with van der Waals surface area (Å²) in [5.41, 5.74) is 2.23. The molecule has 2 heterocycles. The van der Waals surface area contributed by atoms with Gasteiger partial charge < -0.3 is 4.74 Å². The summed E-state index contributed by atoms with van der Waals surface area (Å²) >= 11 is 6.08. The second-order valence-electron chi connectivity index (χ2n) is 6.39. The topological polar surface area (TPSA) is 86.8 Å². The summed E-state index contributed by atoms with van der Waals surface area (Å²) in [6, 6.07) is 15.0. The standard InChI is InChI=1S/C22H14BrN3O2S2/c23-16-9-13(5-6-17(16)28-12-15-4-2-1-3-14(15)11-24)10-18-20(27)19(21(25)30-18)22-26-7-8-29-22/h1-10,19,25H,12H2/b18-10-,25-21?/t19-/m1/s1. The largest absolute Gasteiger partial charge is 0.488 e. The smallest absolute Gasteiger partial charge is 0.186 e. The van der Waals surface area contributed by atoms with Gasteiger partial charge in [-0.1, -0.05) is 36.0 Å². The number of nitrogens with one attached hydrogen (secondary N) is 1. The summed E-state index contributed by atoms with van der Waals surface area (Å²) in [6.07, 6.45) is 3.44. The molecule has 1 aromatic heterocycles. The number of carbonyl (C=O) groups is 1. The number of allylic oxidation sites excluding steroid dienone is 1. The number of halogens is 1. The first-order chi connectivity index (χ1) is 14.6. The third-order valence-corrected chi connectivity index (χ3v) is 6.91. The molecule has 0 radical (unpaired) electrons. The minimum atomic E-state index is -0.590. The van der Waals surface area contributed by atoms with Crippen LogP contribution in [0.3, 0.4) is 0 Å². The highest BCUT2D eigenvalue weighted by Gasteiger charge is 2.38. The van der Waals surface area contributed by atoms with Crippen molar-refractivity contribution in [3.63, 3.8) is 0 Å². The number of nitrogens with zero attached hydrogens (tertiary/aromatic N) is 2. The maximum absolute atomic E-state index is 12.8. The van der Waals surface area contributed by atoms with Crippen molar-refractivity contribution < 1.29 is 9.53 Å². The lowest BCUT2D eigenvalue weighted by Gasteiger charge is -2.10. The average Bonchev–Trinajstić information content (AvgIpc) is 3.35. The lowest BCUT2D eigenvalue weighted by atomic mass is 10.1. The highest BCUT2D eigenvalue weighted by Crippen LogP contribution is 2.41. The van der Waals surface area contributed by atoms with Crippen molar-refractivity contribution in [2.75, 3.05) is 0 Å². The van der Waals surface area contributed by atoms with E-state index in [9.17, 15) is 10.1 Å². The maximum atomic E-state index is 12.8. The van der Waals surface area contributed by atoms with E-state index >= 15 is 0 Å². The molecule has 1 fully saturated rings. The van der Waals surface area contributed by atoms with Crippen molar-refractivity contribution in [2.45, 2.75) is 12.5 Å². The number of hydrogen-bond donors (Lipinski definition) is 1. The molecule has 0 unspecified atom stereocenters. The second-order valence-corrected chi connectivity index (χ2v) is 9.25. The Kier molecular flexibility index (Phi) is 6.13. The summed E-state index contributed by atoms with van der Waals surface area (Å²) in [5.74, 6) is -0.0410. The molecule has 5 nitrogen and oxygen atoms in total. The molecule has 148 valence electrons. The molecule has 1 aliphatic rings. The number of carbonyl (C=O) groups excluding carboxylic acids is 1. The Labute approximate surface area is 190 Å². The highest BCUT2D eigenvalue weighted by molar-refractivity contribution is 9.10. The minimum absolute atomic E-state index is 0.0930. The van der Waals surface area contributed by atoms with E-state index in [1.54, 1.807) is 18.3 Å². The van der Waals surface area contributed by atoms with E-state index in [4.69, 9.17) is 10.1 Å². The monoisotopic (exact) mass is 495 g/mol. The van der Waals surface area contributed by atoms with Crippen LogP contribution in [0.15, 0.2) is 63.4 Å². The number of Topliss-reactive ketones (excluding diaryl/α,β-unsaturated/α-hetero) is 1. The van der Waals surface area contributed by atoms with Crippen LogP contribution < -0.4 is 4.74 Å². The normalized spacial score (nSPS) is 17.3. The zero-order chi connectivity index (χ0) is 21.1. The van der Waals surface area contributed by atoms with Gasteiger partial charge in [-0.2, -0.15) is 5.26 Å². The number of thioether (sulfide) groups is 1. The summed E-state index contributed by atoms with van der Waals surface area (Å²) in [6.45, 7) is 0.282. The lowest BCUT2D eigenvalue weighted by Crippen LogP contribution is -2.11. The molecule has 8 heteroatoms. The number of ether oxygens (including phenoxy) is 1. The predicted octanol–water partition coefficient (Wildman–Crippen LogP) is 5.77. The third kappa shape index (κ3) is 4.24. The van der Waals surface area contributed by atoms with E-state index in [0.29, 0.717) is 26.3 Å².